The maximum atomic E-state index is 9.24. The first kappa shape index (κ1) is 14.2. The smallest absolute Gasteiger partial charge is 0.0439 e. The van der Waals surface area contributed by atoms with Gasteiger partial charge in [-0.2, -0.15) is 0 Å². The van der Waals surface area contributed by atoms with E-state index >= 15 is 0 Å². The molecule has 0 radical (unpaired) electrons. The Kier molecular flexibility index (Phi) is 4.37. The van der Waals surface area contributed by atoms with E-state index in [0.29, 0.717) is 5.92 Å². The summed E-state index contributed by atoms with van der Waals surface area (Å²) >= 11 is 0. The molecule has 0 unspecified atom stereocenters. The third-order valence-electron chi connectivity index (χ3n) is 3.55. The topological polar surface area (TPSA) is 20.2 Å². The van der Waals surface area contributed by atoms with Crippen molar-refractivity contribution in [2.45, 2.75) is 59.3 Å². The van der Waals surface area contributed by atoms with Gasteiger partial charge in [-0.3, -0.25) is 0 Å². The molecule has 0 saturated heterocycles. The lowest BCUT2D eigenvalue weighted by Crippen LogP contribution is -2.23. The van der Waals surface area contributed by atoms with Crippen LogP contribution in [0.2, 0.25) is 0 Å². The van der Waals surface area contributed by atoms with Crippen molar-refractivity contribution in [3.63, 3.8) is 0 Å². The summed E-state index contributed by atoms with van der Waals surface area (Å²) in [6, 6.07) is 4.55. The van der Waals surface area contributed by atoms with Crippen LogP contribution in [0.3, 0.4) is 0 Å². The summed E-state index contributed by atoms with van der Waals surface area (Å²) < 4.78 is 0. The van der Waals surface area contributed by atoms with E-state index in [9.17, 15) is 5.11 Å². The van der Waals surface area contributed by atoms with Gasteiger partial charge in [0.15, 0.2) is 0 Å². The van der Waals surface area contributed by atoms with Gasteiger partial charge in [0.05, 0.1) is 0 Å². The standard InChI is InChI=1S/C16H26O/c1-11(2)14-10-12(3)9-13(4)15(14)16(5,6)7-8-17/h9-11,17H,7-8H2,1-6H3. The van der Waals surface area contributed by atoms with E-state index in [-0.39, 0.29) is 12.0 Å². The van der Waals surface area contributed by atoms with E-state index in [2.05, 4.69) is 53.7 Å². The Hall–Kier alpha value is -0.820. The van der Waals surface area contributed by atoms with Crippen molar-refractivity contribution < 1.29 is 5.11 Å². The van der Waals surface area contributed by atoms with E-state index < -0.39 is 0 Å². The van der Waals surface area contributed by atoms with Gasteiger partial charge in [0.25, 0.3) is 0 Å². The van der Waals surface area contributed by atoms with Crippen LogP contribution in [0.1, 0.15) is 62.3 Å². The predicted molar refractivity (Wildman–Crippen MR) is 74.7 cm³/mol. The summed E-state index contributed by atoms with van der Waals surface area (Å²) in [4.78, 5) is 0. The largest absolute Gasteiger partial charge is 0.396 e. The number of aliphatic hydroxyl groups is 1. The molecule has 0 heterocycles. The van der Waals surface area contributed by atoms with Crippen molar-refractivity contribution in [3.8, 4) is 0 Å². The molecule has 0 aliphatic heterocycles. The van der Waals surface area contributed by atoms with Gasteiger partial charge >= 0.3 is 0 Å². The van der Waals surface area contributed by atoms with Gasteiger partial charge in [-0.05, 0) is 48.3 Å². The van der Waals surface area contributed by atoms with Crippen LogP contribution in [0, 0.1) is 13.8 Å². The average molecular weight is 234 g/mol. The highest BCUT2D eigenvalue weighted by molar-refractivity contribution is 5.44. The van der Waals surface area contributed by atoms with Crippen molar-refractivity contribution in [3.05, 3.63) is 34.4 Å². The molecule has 1 rings (SSSR count). The van der Waals surface area contributed by atoms with Gasteiger partial charge in [0, 0.05) is 6.61 Å². The monoisotopic (exact) mass is 234 g/mol. The quantitative estimate of drug-likeness (QED) is 0.832. The molecule has 1 heteroatoms. The lowest BCUT2D eigenvalue weighted by molar-refractivity contribution is 0.251. The first-order chi connectivity index (χ1) is 7.79. The summed E-state index contributed by atoms with van der Waals surface area (Å²) in [5.41, 5.74) is 5.58. The molecular weight excluding hydrogens is 208 g/mol. The Morgan fingerprint density at radius 1 is 1.18 bits per heavy atom. The van der Waals surface area contributed by atoms with Crippen LogP contribution in [0.5, 0.6) is 0 Å². The fraction of sp³-hybridized carbons (Fsp3) is 0.625. The highest BCUT2D eigenvalue weighted by Crippen LogP contribution is 2.36. The van der Waals surface area contributed by atoms with Crippen molar-refractivity contribution in [2.24, 2.45) is 0 Å². The highest BCUT2D eigenvalue weighted by Gasteiger charge is 2.26. The van der Waals surface area contributed by atoms with Gasteiger partial charge in [-0.15, -0.1) is 0 Å². The first-order valence-corrected chi connectivity index (χ1v) is 6.52. The van der Waals surface area contributed by atoms with Crippen LogP contribution in [0.4, 0.5) is 0 Å². The number of hydrogen-bond acceptors (Lipinski definition) is 1. The van der Waals surface area contributed by atoms with E-state index in [1.54, 1.807) is 0 Å². The molecule has 17 heavy (non-hydrogen) atoms. The first-order valence-electron chi connectivity index (χ1n) is 6.52. The van der Waals surface area contributed by atoms with Gasteiger partial charge in [0.2, 0.25) is 0 Å². The molecular formula is C16H26O. The number of aliphatic hydroxyl groups excluding tert-OH is 1. The third-order valence-corrected chi connectivity index (χ3v) is 3.55. The molecule has 0 aliphatic carbocycles. The summed E-state index contributed by atoms with van der Waals surface area (Å²) in [6.45, 7) is 13.5. The second-order valence-electron chi connectivity index (χ2n) is 6.06. The number of aryl methyl sites for hydroxylation is 2. The second-order valence-corrected chi connectivity index (χ2v) is 6.06. The fourth-order valence-corrected chi connectivity index (χ4v) is 2.78. The van der Waals surface area contributed by atoms with E-state index in [1.165, 1.54) is 22.3 Å². The molecule has 96 valence electrons. The predicted octanol–water partition coefficient (Wildman–Crippen LogP) is 4.09. The average Bonchev–Trinajstić information content (AvgIpc) is 2.15. The maximum absolute atomic E-state index is 9.24. The maximum Gasteiger partial charge on any atom is 0.0439 e. The van der Waals surface area contributed by atoms with Crippen molar-refractivity contribution >= 4 is 0 Å². The van der Waals surface area contributed by atoms with Gasteiger partial charge in [-0.25, -0.2) is 0 Å². The van der Waals surface area contributed by atoms with Crippen LogP contribution in [-0.2, 0) is 5.41 Å². The van der Waals surface area contributed by atoms with Crippen LogP contribution in [0.25, 0.3) is 0 Å². The van der Waals surface area contributed by atoms with Crippen LogP contribution in [0.15, 0.2) is 12.1 Å². The zero-order valence-electron chi connectivity index (χ0n) is 12.1. The zero-order valence-corrected chi connectivity index (χ0v) is 12.1. The van der Waals surface area contributed by atoms with Gasteiger partial charge in [0.1, 0.15) is 0 Å². The molecule has 1 nitrogen and oxygen atoms in total. The molecule has 0 amide bonds. The summed E-state index contributed by atoms with van der Waals surface area (Å²) in [7, 11) is 0. The van der Waals surface area contributed by atoms with Crippen molar-refractivity contribution in [2.75, 3.05) is 6.61 Å². The molecule has 0 bridgehead atoms. The lowest BCUT2D eigenvalue weighted by Gasteiger charge is -2.31. The summed E-state index contributed by atoms with van der Waals surface area (Å²) in [5.74, 6) is 0.529. The van der Waals surface area contributed by atoms with E-state index in [1.807, 2.05) is 0 Å². The lowest BCUT2D eigenvalue weighted by atomic mass is 9.74. The Morgan fingerprint density at radius 2 is 1.76 bits per heavy atom. The van der Waals surface area contributed by atoms with Gasteiger partial charge in [-0.1, -0.05) is 45.4 Å². The number of benzene rings is 1. The molecule has 1 aromatic carbocycles. The zero-order chi connectivity index (χ0) is 13.2. The Morgan fingerprint density at radius 3 is 2.24 bits per heavy atom. The second kappa shape index (κ2) is 5.22. The minimum Gasteiger partial charge on any atom is -0.396 e. The van der Waals surface area contributed by atoms with Gasteiger partial charge < -0.3 is 5.11 Å². The summed E-state index contributed by atoms with van der Waals surface area (Å²) in [6.07, 6.45) is 0.816. The van der Waals surface area contributed by atoms with E-state index in [0.717, 1.165) is 6.42 Å². The molecule has 0 saturated carbocycles. The molecule has 0 aliphatic rings. The van der Waals surface area contributed by atoms with Crippen molar-refractivity contribution in [1.82, 2.24) is 0 Å². The van der Waals surface area contributed by atoms with Crippen LogP contribution in [-0.4, -0.2) is 11.7 Å². The minimum atomic E-state index is 0.0478. The Bertz CT molecular complexity index is 389. The minimum absolute atomic E-state index is 0.0478. The molecule has 0 fully saturated rings. The highest BCUT2D eigenvalue weighted by atomic mass is 16.3. The van der Waals surface area contributed by atoms with Crippen LogP contribution < -0.4 is 0 Å². The number of hydrogen-bond donors (Lipinski definition) is 1. The summed E-state index contributed by atoms with van der Waals surface area (Å²) in [5, 5.41) is 9.24. The van der Waals surface area contributed by atoms with E-state index in [4.69, 9.17) is 0 Å². The fourth-order valence-electron chi connectivity index (χ4n) is 2.78. The molecule has 0 aromatic heterocycles. The SMILES string of the molecule is Cc1cc(C)c(C(C)(C)CCO)c(C(C)C)c1. The molecule has 0 spiro atoms. The Labute approximate surface area is 106 Å². The molecule has 1 aromatic rings. The van der Waals surface area contributed by atoms with Crippen molar-refractivity contribution in [1.29, 1.82) is 0 Å². The molecule has 1 N–H and O–H groups in total. The molecule has 0 atom stereocenters. The number of rotatable bonds is 4. The Balaban J connectivity index is 3.40. The van der Waals surface area contributed by atoms with Crippen LogP contribution >= 0.6 is 0 Å². The normalized spacial score (nSPS) is 12.2. The third kappa shape index (κ3) is 3.10.